The first-order valence-electron chi connectivity index (χ1n) is 8.02. The van der Waals surface area contributed by atoms with Gasteiger partial charge in [0.1, 0.15) is 11.2 Å². The largest absolute Gasteiger partial charge is 0.480 e. The van der Waals surface area contributed by atoms with Crippen LogP contribution in [0.3, 0.4) is 0 Å². The quantitative estimate of drug-likeness (QED) is 0.576. The number of aryl methyl sites for hydroxylation is 1. The monoisotopic (exact) mass is 384 g/mol. The van der Waals surface area contributed by atoms with Gasteiger partial charge in [0.15, 0.2) is 11.5 Å². The van der Waals surface area contributed by atoms with Crippen molar-refractivity contribution in [3.63, 3.8) is 0 Å². The van der Waals surface area contributed by atoms with Gasteiger partial charge >= 0.3 is 0 Å². The summed E-state index contributed by atoms with van der Waals surface area (Å²) < 4.78 is 36.5. The number of aromatic nitrogens is 3. The lowest BCUT2D eigenvalue weighted by Crippen LogP contribution is -2.11. The smallest absolute Gasteiger partial charge is 0.238 e. The molecule has 0 amide bonds. The lowest BCUT2D eigenvalue weighted by Gasteiger charge is -2.11. The highest BCUT2D eigenvalue weighted by Crippen LogP contribution is 2.32. The molecule has 3 heterocycles. The Morgan fingerprint density at radius 1 is 1.07 bits per heavy atom. The zero-order valence-electron chi connectivity index (χ0n) is 14.8. The number of rotatable bonds is 4. The summed E-state index contributed by atoms with van der Waals surface area (Å²) in [5.41, 5.74) is 3.94. The number of nitrogens with one attached hydrogen (secondary N) is 1. The third kappa shape index (κ3) is 3.28. The third-order valence-electron chi connectivity index (χ3n) is 4.00. The van der Waals surface area contributed by atoms with Gasteiger partial charge in [0.25, 0.3) is 0 Å². The van der Waals surface area contributed by atoms with Gasteiger partial charge in [-0.2, -0.15) is 0 Å². The fraction of sp³-hybridized carbons (Fsp3) is 0.167. The van der Waals surface area contributed by atoms with Crippen molar-refractivity contribution >= 4 is 37.7 Å². The van der Waals surface area contributed by atoms with Gasteiger partial charge in [-0.1, -0.05) is 6.07 Å². The number of pyridine rings is 2. The van der Waals surface area contributed by atoms with E-state index in [0.717, 1.165) is 28.3 Å². The van der Waals surface area contributed by atoms with Crippen LogP contribution in [0.4, 0.5) is 5.69 Å². The maximum Gasteiger partial charge on any atom is 0.238 e. The summed E-state index contributed by atoms with van der Waals surface area (Å²) in [6.45, 7) is 1.78. The summed E-state index contributed by atoms with van der Waals surface area (Å²) >= 11 is 0. The maximum absolute atomic E-state index is 11.6. The van der Waals surface area contributed by atoms with Gasteiger partial charge in [0, 0.05) is 24.1 Å². The van der Waals surface area contributed by atoms with E-state index < -0.39 is 10.0 Å². The Morgan fingerprint density at radius 2 is 1.89 bits per heavy atom. The molecule has 3 aromatic heterocycles. The summed E-state index contributed by atoms with van der Waals surface area (Å²) in [6.07, 6.45) is 4.37. The number of hydrogen-bond acceptors (Lipinski definition) is 7. The fourth-order valence-electron chi connectivity index (χ4n) is 2.91. The van der Waals surface area contributed by atoms with Crippen molar-refractivity contribution in [3.05, 3.63) is 42.5 Å². The predicted molar refractivity (Wildman–Crippen MR) is 102 cm³/mol. The van der Waals surface area contributed by atoms with Gasteiger partial charge < -0.3 is 9.15 Å². The minimum Gasteiger partial charge on any atom is -0.480 e. The highest BCUT2D eigenvalue weighted by atomic mass is 32.2. The molecule has 0 aliphatic rings. The number of fused-ring (bicyclic) bond motifs is 3. The SMILES string of the molecule is COc1ncc(-c2ccc3ncc4nc(C)oc4c3c2)cc1NS(C)(=O)=O. The molecule has 0 spiro atoms. The van der Waals surface area contributed by atoms with Gasteiger partial charge in [-0.3, -0.25) is 9.71 Å². The summed E-state index contributed by atoms with van der Waals surface area (Å²) in [7, 11) is -2.04. The molecule has 0 fully saturated rings. The van der Waals surface area contributed by atoms with Crippen LogP contribution in [-0.4, -0.2) is 36.7 Å². The van der Waals surface area contributed by atoms with E-state index in [2.05, 4.69) is 19.7 Å². The molecule has 0 aliphatic carbocycles. The minimum absolute atomic E-state index is 0.194. The van der Waals surface area contributed by atoms with Crippen molar-refractivity contribution in [2.75, 3.05) is 18.1 Å². The van der Waals surface area contributed by atoms with E-state index >= 15 is 0 Å². The van der Waals surface area contributed by atoms with Crippen LogP contribution in [0.1, 0.15) is 5.89 Å². The van der Waals surface area contributed by atoms with Gasteiger partial charge in [-0.15, -0.1) is 0 Å². The fourth-order valence-corrected chi connectivity index (χ4v) is 3.46. The predicted octanol–water partition coefficient (Wildman–Crippen LogP) is 3.13. The van der Waals surface area contributed by atoms with Crippen LogP contribution in [0.15, 0.2) is 41.1 Å². The van der Waals surface area contributed by atoms with Crippen LogP contribution in [0.25, 0.3) is 33.1 Å². The number of nitrogens with zero attached hydrogens (tertiary/aromatic N) is 3. The Labute approximate surface area is 155 Å². The summed E-state index contributed by atoms with van der Waals surface area (Å²) in [4.78, 5) is 12.9. The van der Waals surface area contributed by atoms with Crippen molar-refractivity contribution in [1.29, 1.82) is 0 Å². The number of anilines is 1. The van der Waals surface area contributed by atoms with E-state index in [1.807, 2.05) is 18.2 Å². The first-order chi connectivity index (χ1) is 12.8. The first kappa shape index (κ1) is 17.2. The van der Waals surface area contributed by atoms with E-state index in [0.29, 0.717) is 17.0 Å². The molecule has 0 radical (unpaired) electrons. The molecule has 0 saturated carbocycles. The van der Waals surface area contributed by atoms with E-state index in [9.17, 15) is 8.42 Å². The van der Waals surface area contributed by atoms with Crippen LogP contribution in [0.5, 0.6) is 5.88 Å². The van der Waals surface area contributed by atoms with Crippen molar-refractivity contribution in [1.82, 2.24) is 15.0 Å². The van der Waals surface area contributed by atoms with Crippen LogP contribution >= 0.6 is 0 Å². The van der Waals surface area contributed by atoms with Crippen LogP contribution in [0, 0.1) is 6.92 Å². The summed E-state index contributed by atoms with van der Waals surface area (Å²) in [6, 6.07) is 7.35. The zero-order chi connectivity index (χ0) is 19.2. The molecule has 1 aromatic carbocycles. The van der Waals surface area contributed by atoms with E-state index in [-0.39, 0.29) is 11.6 Å². The normalized spacial score (nSPS) is 11.8. The Bertz CT molecular complexity index is 1280. The molecule has 0 bridgehead atoms. The van der Waals surface area contributed by atoms with E-state index in [1.54, 1.807) is 25.4 Å². The van der Waals surface area contributed by atoms with Crippen LogP contribution < -0.4 is 9.46 Å². The average Bonchev–Trinajstić information content (AvgIpc) is 3.00. The summed E-state index contributed by atoms with van der Waals surface area (Å²) in [5, 5.41) is 0.819. The average molecular weight is 384 g/mol. The standard InChI is InChI=1S/C18H16N4O4S/c1-10-21-16-9-19-14-5-4-11(6-13(14)17(16)26-10)12-7-15(22-27(3,23)24)18(25-2)20-8-12/h4-9,22H,1-3H3. The molecule has 4 rings (SSSR count). The molecule has 1 N–H and O–H groups in total. The second-order valence-corrected chi connectivity index (χ2v) is 7.84. The zero-order valence-corrected chi connectivity index (χ0v) is 15.7. The van der Waals surface area contributed by atoms with E-state index in [1.165, 1.54) is 7.11 Å². The second-order valence-electron chi connectivity index (χ2n) is 6.09. The Hall–Kier alpha value is -3.20. The van der Waals surface area contributed by atoms with Crippen molar-refractivity contribution in [2.24, 2.45) is 0 Å². The van der Waals surface area contributed by atoms with Crippen molar-refractivity contribution in [3.8, 4) is 17.0 Å². The third-order valence-corrected chi connectivity index (χ3v) is 4.59. The van der Waals surface area contributed by atoms with Gasteiger partial charge in [-0.05, 0) is 23.8 Å². The number of oxazole rings is 1. The molecule has 9 heteroatoms. The lowest BCUT2D eigenvalue weighted by molar-refractivity contribution is 0.400. The highest BCUT2D eigenvalue weighted by Gasteiger charge is 2.13. The second kappa shape index (κ2) is 6.20. The maximum atomic E-state index is 11.6. The van der Waals surface area contributed by atoms with Gasteiger partial charge in [0.05, 0.1) is 25.1 Å². The Balaban J connectivity index is 1.88. The number of methoxy groups -OCH3 is 1. The van der Waals surface area contributed by atoms with Crippen LogP contribution in [-0.2, 0) is 10.0 Å². The number of benzene rings is 1. The molecule has 0 saturated heterocycles. The van der Waals surface area contributed by atoms with E-state index in [4.69, 9.17) is 9.15 Å². The number of hydrogen-bond donors (Lipinski definition) is 1. The molecule has 4 aromatic rings. The van der Waals surface area contributed by atoms with Crippen molar-refractivity contribution in [2.45, 2.75) is 6.92 Å². The number of ether oxygens (including phenoxy) is 1. The molecular formula is C18H16N4O4S. The number of sulfonamides is 1. The van der Waals surface area contributed by atoms with Crippen molar-refractivity contribution < 1.29 is 17.6 Å². The molecule has 138 valence electrons. The van der Waals surface area contributed by atoms with Crippen LogP contribution in [0.2, 0.25) is 0 Å². The Kier molecular flexibility index (Phi) is 3.96. The van der Waals surface area contributed by atoms with Gasteiger partial charge in [0.2, 0.25) is 15.9 Å². The molecule has 8 nitrogen and oxygen atoms in total. The van der Waals surface area contributed by atoms with Gasteiger partial charge in [-0.25, -0.2) is 18.4 Å². The molecule has 27 heavy (non-hydrogen) atoms. The molecular weight excluding hydrogens is 368 g/mol. The molecule has 0 aliphatic heterocycles. The molecule has 0 atom stereocenters. The summed E-state index contributed by atoms with van der Waals surface area (Å²) in [5.74, 6) is 0.760. The molecule has 0 unspecified atom stereocenters. The minimum atomic E-state index is -3.47. The Morgan fingerprint density at radius 3 is 2.63 bits per heavy atom. The highest BCUT2D eigenvalue weighted by molar-refractivity contribution is 7.92. The topological polar surface area (TPSA) is 107 Å². The first-order valence-corrected chi connectivity index (χ1v) is 9.91. The lowest BCUT2D eigenvalue weighted by atomic mass is 10.0.